The van der Waals surface area contributed by atoms with Crippen LogP contribution in [-0.4, -0.2) is 21.7 Å². The van der Waals surface area contributed by atoms with Crippen LogP contribution < -0.4 is 5.73 Å². The van der Waals surface area contributed by atoms with Gasteiger partial charge in [0.2, 0.25) is 0 Å². The van der Waals surface area contributed by atoms with E-state index in [2.05, 4.69) is 0 Å². The molecule has 21 heavy (non-hydrogen) atoms. The largest absolute Gasteiger partial charge is 0.399 e. The molecule has 0 aromatic heterocycles. The zero-order valence-electron chi connectivity index (χ0n) is 12.8. The lowest BCUT2D eigenvalue weighted by molar-refractivity contribution is -0.0975. The molecule has 0 bridgehead atoms. The first-order valence-electron chi connectivity index (χ1n) is 8.00. The quantitative estimate of drug-likeness (QED) is 0.850. The SMILES string of the molecule is Cc1ccc(N)cc1S(=O)C1CCOC2(CCCCC2)C1. The molecule has 3 nitrogen and oxygen atoms in total. The van der Waals surface area contributed by atoms with Gasteiger partial charge < -0.3 is 10.5 Å². The molecule has 2 aliphatic rings. The summed E-state index contributed by atoms with van der Waals surface area (Å²) in [7, 11) is -0.979. The fourth-order valence-electron chi connectivity index (χ4n) is 3.72. The number of benzene rings is 1. The van der Waals surface area contributed by atoms with E-state index in [1.165, 1.54) is 19.3 Å². The highest BCUT2D eigenvalue weighted by molar-refractivity contribution is 7.85. The molecule has 0 radical (unpaired) electrons. The number of hydrogen-bond donors (Lipinski definition) is 1. The second-order valence-corrected chi connectivity index (χ2v) is 8.23. The zero-order chi connectivity index (χ0) is 14.9. The van der Waals surface area contributed by atoms with Crippen LogP contribution in [0, 0.1) is 6.92 Å². The van der Waals surface area contributed by atoms with Crippen molar-refractivity contribution in [3.8, 4) is 0 Å². The number of hydrogen-bond acceptors (Lipinski definition) is 3. The standard InChI is InChI=1S/C17H25NO2S/c1-13-5-6-14(18)11-16(13)21(19)15-7-10-20-17(12-15)8-3-2-4-9-17/h5-6,11,15H,2-4,7-10,12,18H2,1H3. The van der Waals surface area contributed by atoms with Crippen molar-refractivity contribution in [1.82, 2.24) is 0 Å². The lowest BCUT2D eigenvalue weighted by Crippen LogP contribution is -2.44. The van der Waals surface area contributed by atoms with Crippen LogP contribution in [0.25, 0.3) is 0 Å². The molecule has 1 saturated heterocycles. The zero-order valence-corrected chi connectivity index (χ0v) is 13.6. The van der Waals surface area contributed by atoms with Gasteiger partial charge in [0.25, 0.3) is 0 Å². The van der Waals surface area contributed by atoms with Gasteiger partial charge in [0, 0.05) is 22.4 Å². The van der Waals surface area contributed by atoms with Crippen LogP contribution in [0.4, 0.5) is 5.69 Å². The summed E-state index contributed by atoms with van der Waals surface area (Å²) in [5, 5.41) is 0.206. The third-order valence-electron chi connectivity index (χ3n) is 4.94. The Hall–Kier alpha value is -0.870. The van der Waals surface area contributed by atoms with Gasteiger partial charge >= 0.3 is 0 Å². The Morgan fingerprint density at radius 2 is 2.05 bits per heavy atom. The van der Waals surface area contributed by atoms with Gasteiger partial charge in [-0.15, -0.1) is 0 Å². The van der Waals surface area contributed by atoms with Crippen LogP contribution in [0.5, 0.6) is 0 Å². The number of nitrogen functional groups attached to an aromatic ring is 1. The second-order valence-electron chi connectivity index (χ2n) is 6.53. The third kappa shape index (κ3) is 3.16. The van der Waals surface area contributed by atoms with Gasteiger partial charge in [0.1, 0.15) is 0 Å². The summed E-state index contributed by atoms with van der Waals surface area (Å²) in [5.41, 5.74) is 7.65. The summed E-state index contributed by atoms with van der Waals surface area (Å²) < 4.78 is 19.1. The molecule has 2 unspecified atom stereocenters. The molecule has 4 heteroatoms. The average molecular weight is 307 g/mol. The van der Waals surface area contributed by atoms with E-state index in [9.17, 15) is 4.21 Å². The Kier molecular flexibility index (Phi) is 4.36. The van der Waals surface area contributed by atoms with Crippen molar-refractivity contribution in [2.24, 2.45) is 0 Å². The van der Waals surface area contributed by atoms with Gasteiger partial charge in [-0.25, -0.2) is 0 Å². The molecule has 3 rings (SSSR count). The highest BCUT2D eigenvalue weighted by atomic mass is 32.2. The first-order chi connectivity index (χ1) is 10.1. The van der Waals surface area contributed by atoms with Crippen LogP contribution in [0.15, 0.2) is 23.1 Å². The monoisotopic (exact) mass is 307 g/mol. The predicted octanol–water partition coefficient (Wildman–Crippen LogP) is 3.57. The summed E-state index contributed by atoms with van der Waals surface area (Å²) in [6.07, 6.45) is 7.91. The molecular weight excluding hydrogens is 282 g/mol. The maximum absolute atomic E-state index is 13.0. The van der Waals surface area contributed by atoms with E-state index in [1.807, 2.05) is 25.1 Å². The Bertz CT molecular complexity index is 532. The fourth-order valence-corrected chi connectivity index (χ4v) is 5.49. The number of ether oxygens (including phenoxy) is 1. The van der Waals surface area contributed by atoms with E-state index < -0.39 is 10.8 Å². The van der Waals surface area contributed by atoms with Crippen LogP contribution >= 0.6 is 0 Å². The van der Waals surface area contributed by atoms with Crippen molar-refractivity contribution in [3.05, 3.63) is 23.8 Å². The predicted molar refractivity (Wildman–Crippen MR) is 86.8 cm³/mol. The summed E-state index contributed by atoms with van der Waals surface area (Å²) in [5.74, 6) is 0. The summed E-state index contributed by atoms with van der Waals surface area (Å²) in [4.78, 5) is 0.910. The van der Waals surface area contributed by atoms with Gasteiger partial charge in [-0.2, -0.15) is 0 Å². The molecule has 2 atom stereocenters. The van der Waals surface area contributed by atoms with E-state index in [0.29, 0.717) is 5.69 Å². The number of anilines is 1. The molecule has 1 heterocycles. The summed E-state index contributed by atoms with van der Waals surface area (Å²) >= 11 is 0. The fraction of sp³-hybridized carbons (Fsp3) is 0.647. The van der Waals surface area contributed by atoms with E-state index in [0.717, 1.165) is 42.7 Å². The van der Waals surface area contributed by atoms with Gasteiger partial charge in [-0.3, -0.25) is 4.21 Å². The molecule has 1 aromatic rings. The smallest absolute Gasteiger partial charge is 0.0694 e. The Balaban J connectivity index is 1.79. The van der Waals surface area contributed by atoms with Gasteiger partial charge in [0.15, 0.2) is 0 Å². The Morgan fingerprint density at radius 3 is 2.81 bits per heavy atom. The minimum Gasteiger partial charge on any atom is -0.399 e. The molecule has 1 aliphatic heterocycles. The lowest BCUT2D eigenvalue weighted by Gasteiger charge is -2.43. The van der Waals surface area contributed by atoms with Crippen LogP contribution in [-0.2, 0) is 15.5 Å². The molecule has 1 saturated carbocycles. The van der Waals surface area contributed by atoms with Crippen molar-refractivity contribution in [1.29, 1.82) is 0 Å². The maximum atomic E-state index is 13.0. The lowest BCUT2D eigenvalue weighted by atomic mass is 9.80. The summed E-state index contributed by atoms with van der Waals surface area (Å²) in [6.45, 7) is 2.76. The van der Waals surface area contributed by atoms with Crippen LogP contribution in [0.2, 0.25) is 0 Å². The second kappa shape index (κ2) is 6.09. The van der Waals surface area contributed by atoms with E-state index in [4.69, 9.17) is 10.5 Å². The minimum absolute atomic E-state index is 0.00502. The molecule has 1 aromatic carbocycles. The molecular formula is C17H25NO2S. The van der Waals surface area contributed by atoms with E-state index in [1.54, 1.807) is 0 Å². The third-order valence-corrected chi connectivity index (χ3v) is 6.83. The molecule has 2 fully saturated rings. The van der Waals surface area contributed by atoms with Crippen molar-refractivity contribution < 1.29 is 8.95 Å². The van der Waals surface area contributed by atoms with Crippen molar-refractivity contribution in [3.63, 3.8) is 0 Å². The first-order valence-corrected chi connectivity index (χ1v) is 9.22. The van der Waals surface area contributed by atoms with E-state index in [-0.39, 0.29) is 10.9 Å². The van der Waals surface area contributed by atoms with Crippen molar-refractivity contribution in [2.45, 2.75) is 67.6 Å². The summed E-state index contributed by atoms with van der Waals surface area (Å²) in [6, 6.07) is 5.73. The molecule has 1 spiro atoms. The normalized spacial score (nSPS) is 26.6. The Labute approximate surface area is 129 Å². The van der Waals surface area contributed by atoms with E-state index >= 15 is 0 Å². The van der Waals surface area contributed by atoms with Crippen LogP contribution in [0.1, 0.15) is 50.5 Å². The van der Waals surface area contributed by atoms with Crippen LogP contribution in [0.3, 0.4) is 0 Å². The topological polar surface area (TPSA) is 52.3 Å². The van der Waals surface area contributed by atoms with Gasteiger partial charge in [-0.1, -0.05) is 25.3 Å². The number of nitrogens with two attached hydrogens (primary N) is 1. The van der Waals surface area contributed by atoms with Crippen molar-refractivity contribution in [2.75, 3.05) is 12.3 Å². The minimum atomic E-state index is -0.979. The highest BCUT2D eigenvalue weighted by Gasteiger charge is 2.40. The highest BCUT2D eigenvalue weighted by Crippen LogP contribution is 2.40. The van der Waals surface area contributed by atoms with Gasteiger partial charge in [-0.05, 0) is 50.3 Å². The molecule has 0 amide bonds. The van der Waals surface area contributed by atoms with Gasteiger partial charge in [0.05, 0.1) is 16.4 Å². The molecule has 116 valence electrons. The number of rotatable bonds is 2. The average Bonchev–Trinajstić information content (AvgIpc) is 2.50. The molecule has 1 aliphatic carbocycles. The molecule has 2 N–H and O–H groups in total. The van der Waals surface area contributed by atoms with Crippen molar-refractivity contribution >= 4 is 16.5 Å². The number of aryl methyl sites for hydroxylation is 1. The maximum Gasteiger partial charge on any atom is 0.0694 e. The Morgan fingerprint density at radius 1 is 1.29 bits per heavy atom. The first kappa shape index (κ1) is 15.0.